The first-order chi connectivity index (χ1) is 12.5. The molecule has 1 aliphatic rings. The van der Waals surface area contributed by atoms with Crippen molar-refractivity contribution >= 4 is 23.3 Å². The van der Waals surface area contributed by atoms with E-state index in [4.69, 9.17) is 0 Å². The Morgan fingerprint density at radius 1 is 0.923 bits per heavy atom. The molecule has 0 unspecified atom stereocenters. The van der Waals surface area contributed by atoms with E-state index < -0.39 is 0 Å². The summed E-state index contributed by atoms with van der Waals surface area (Å²) >= 11 is 0. The van der Waals surface area contributed by atoms with Crippen LogP contribution >= 0.6 is 0 Å². The molecule has 0 radical (unpaired) electrons. The molecule has 5 nitrogen and oxygen atoms in total. The van der Waals surface area contributed by atoms with E-state index in [2.05, 4.69) is 10.6 Å². The summed E-state index contributed by atoms with van der Waals surface area (Å²) in [5.74, 6) is -0.562. The van der Waals surface area contributed by atoms with Crippen LogP contribution in [0.5, 0.6) is 0 Å². The smallest absolute Gasteiger partial charge is 0.248 e. The van der Waals surface area contributed by atoms with Crippen molar-refractivity contribution < 1.29 is 14.4 Å². The van der Waals surface area contributed by atoms with Gasteiger partial charge in [-0.1, -0.05) is 32.1 Å². The molecule has 2 rings (SSSR count). The third-order valence-electron chi connectivity index (χ3n) is 4.71. The highest BCUT2D eigenvalue weighted by Gasteiger charge is 2.15. The van der Waals surface area contributed by atoms with Gasteiger partial charge >= 0.3 is 0 Å². The molecular formula is C21H28N2O3. The lowest BCUT2D eigenvalue weighted by Crippen LogP contribution is -2.36. The lowest BCUT2D eigenvalue weighted by atomic mass is 9.96. The SMILES string of the molecule is CC(=O)c1ccc(NC(=O)/C=C(/C)C(=O)NC2CCCCCCC2)cc1. The number of Topliss-reactive ketones (excluding diaryl/α,β-unsaturated/α-hetero) is 1. The van der Waals surface area contributed by atoms with Crippen LogP contribution in [0.25, 0.3) is 0 Å². The van der Waals surface area contributed by atoms with Gasteiger partial charge in [0.2, 0.25) is 11.8 Å². The molecule has 0 aromatic heterocycles. The fourth-order valence-electron chi connectivity index (χ4n) is 3.13. The Hall–Kier alpha value is -2.43. The summed E-state index contributed by atoms with van der Waals surface area (Å²) < 4.78 is 0. The van der Waals surface area contributed by atoms with Crippen LogP contribution < -0.4 is 10.6 Å². The molecule has 0 spiro atoms. The number of ketones is 1. The first-order valence-electron chi connectivity index (χ1n) is 9.37. The van der Waals surface area contributed by atoms with Crippen LogP contribution in [0, 0.1) is 0 Å². The van der Waals surface area contributed by atoms with E-state index in [1.165, 1.54) is 32.3 Å². The van der Waals surface area contributed by atoms with Gasteiger partial charge in [-0.25, -0.2) is 0 Å². The standard InChI is InChI=1S/C21H28N2O3/c1-15(21(26)23-18-8-6-4-3-5-7-9-18)14-20(25)22-19-12-10-17(11-13-19)16(2)24/h10-14,18H,3-9H2,1-2H3,(H,22,25)(H,23,26)/b15-14-. The summed E-state index contributed by atoms with van der Waals surface area (Å²) in [6.45, 7) is 3.14. The van der Waals surface area contributed by atoms with Gasteiger partial charge in [0.15, 0.2) is 5.78 Å². The topological polar surface area (TPSA) is 75.3 Å². The number of rotatable bonds is 5. The van der Waals surface area contributed by atoms with Crippen molar-refractivity contribution in [2.24, 2.45) is 0 Å². The maximum absolute atomic E-state index is 12.3. The van der Waals surface area contributed by atoms with Crippen molar-refractivity contribution in [2.75, 3.05) is 5.32 Å². The van der Waals surface area contributed by atoms with Gasteiger partial charge < -0.3 is 10.6 Å². The van der Waals surface area contributed by atoms with Gasteiger partial charge in [0.1, 0.15) is 0 Å². The lowest BCUT2D eigenvalue weighted by molar-refractivity contribution is -0.119. The van der Waals surface area contributed by atoms with Crippen molar-refractivity contribution in [3.05, 3.63) is 41.5 Å². The van der Waals surface area contributed by atoms with Crippen LogP contribution in [0.4, 0.5) is 5.69 Å². The van der Waals surface area contributed by atoms with E-state index >= 15 is 0 Å². The third-order valence-corrected chi connectivity index (χ3v) is 4.71. The van der Waals surface area contributed by atoms with E-state index in [1.807, 2.05) is 0 Å². The van der Waals surface area contributed by atoms with Crippen LogP contribution in [0.2, 0.25) is 0 Å². The Balaban J connectivity index is 1.88. The molecule has 26 heavy (non-hydrogen) atoms. The van der Waals surface area contributed by atoms with Crippen LogP contribution in [-0.2, 0) is 9.59 Å². The fraction of sp³-hybridized carbons (Fsp3) is 0.476. The molecular weight excluding hydrogens is 328 g/mol. The largest absolute Gasteiger partial charge is 0.350 e. The van der Waals surface area contributed by atoms with Crippen molar-refractivity contribution in [3.63, 3.8) is 0 Å². The maximum atomic E-state index is 12.3. The number of hydrogen-bond donors (Lipinski definition) is 2. The molecule has 0 saturated heterocycles. The lowest BCUT2D eigenvalue weighted by Gasteiger charge is -2.21. The minimum absolute atomic E-state index is 0.0236. The summed E-state index contributed by atoms with van der Waals surface area (Å²) in [5, 5.41) is 5.76. The summed E-state index contributed by atoms with van der Waals surface area (Å²) in [6, 6.07) is 6.87. The Bertz CT molecular complexity index is 669. The highest BCUT2D eigenvalue weighted by molar-refractivity contribution is 6.06. The first kappa shape index (κ1) is 19.9. The second-order valence-corrected chi connectivity index (χ2v) is 6.97. The van der Waals surface area contributed by atoms with Gasteiger partial charge in [0, 0.05) is 28.9 Å². The zero-order valence-electron chi connectivity index (χ0n) is 15.6. The molecule has 0 atom stereocenters. The van der Waals surface area contributed by atoms with Crippen LogP contribution in [0.3, 0.4) is 0 Å². The molecule has 5 heteroatoms. The van der Waals surface area contributed by atoms with E-state index in [0.29, 0.717) is 16.8 Å². The second-order valence-electron chi connectivity index (χ2n) is 6.97. The van der Waals surface area contributed by atoms with Gasteiger partial charge in [-0.3, -0.25) is 14.4 Å². The molecule has 1 saturated carbocycles. The normalized spacial score (nSPS) is 16.3. The quantitative estimate of drug-likeness (QED) is 0.618. The van der Waals surface area contributed by atoms with E-state index in [1.54, 1.807) is 31.2 Å². The zero-order chi connectivity index (χ0) is 18.9. The maximum Gasteiger partial charge on any atom is 0.248 e. The molecule has 2 amide bonds. The Morgan fingerprint density at radius 2 is 1.50 bits per heavy atom. The number of benzene rings is 1. The molecule has 2 N–H and O–H groups in total. The van der Waals surface area contributed by atoms with Crippen molar-refractivity contribution in [1.29, 1.82) is 0 Å². The Morgan fingerprint density at radius 3 is 2.08 bits per heavy atom. The summed E-state index contributed by atoms with van der Waals surface area (Å²) in [6.07, 6.45) is 9.36. The van der Waals surface area contributed by atoms with Gasteiger partial charge in [0.25, 0.3) is 0 Å². The second kappa shape index (κ2) is 9.90. The number of amides is 2. The van der Waals surface area contributed by atoms with E-state index in [0.717, 1.165) is 25.7 Å². The van der Waals surface area contributed by atoms with Crippen molar-refractivity contribution in [1.82, 2.24) is 5.32 Å². The van der Waals surface area contributed by atoms with Gasteiger partial charge in [-0.05, 0) is 51.0 Å². The average molecular weight is 356 g/mol. The summed E-state index contributed by atoms with van der Waals surface area (Å²) in [5.41, 5.74) is 1.57. The van der Waals surface area contributed by atoms with Gasteiger partial charge in [0.05, 0.1) is 0 Å². The number of nitrogens with one attached hydrogen (secondary N) is 2. The molecule has 1 aromatic rings. The third kappa shape index (κ3) is 6.47. The van der Waals surface area contributed by atoms with E-state index in [-0.39, 0.29) is 23.6 Å². The molecule has 0 heterocycles. The molecule has 1 fully saturated rings. The minimum Gasteiger partial charge on any atom is -0.350 e. The van der Waals surface area contributed by atoms with E-state index in [9.17, 15) is 14.4 Å². The Labute approximate surface area is 155 Å². The predicted molar refractivity (Wildman–Crippen MR) is 103 cm³/mol. The monoisotopic (exact) mass is 356 g/mol. The molecule has 140 valence electrons. The first-order valence-corrected chi connectivity index (χ1v) is 9.37. The van der Waals surface area contributed by atoms with Crippen molar-refractivity contribution in [2.45, 2.75) is 64.8 Å². The molecule has 0 bridgehead atoms. The molecule has 0 aliphatic heterocycles. The molecule has 1 aliphatic carbocycles. The average Bonchev–Trinajstić information content (AvgIpc) is 2.57. The van der Waals surface area contributed by atoms with Gasteiger partial charge in [-0.2, -0.15) is 0 Å². The minimum atomic E-state index is -0.356. The number of anilines is 1. The van der Waals surface area contributed by atoms with Crippen LogP contribution in [-0.4, -0.2) is 23.6 Å². The fourth-order valence-corrected chi connectivity index (χ4v) is 3.13. The zero-order valence-corrected chi connectivity index (χ0v) is 15.6. The summed E-state index contributed by atoms with van der Waals surface area (Å²) in [7, 11) is 0. The molecule has 1 aromatic carbocycles. The van der Waals surface area contributed by atoms with Crippen molar-refractivity contribution in [3.8, 4) is 0 Å². The highest BCUT2D eigenvalue weighted by atomic mass is 16.2. The number of carbonyl (C=O) groups is 3. The predicted octanol–water partition coefficient (Wildman–Crippen LogP) is 4.00. The van der Waals surface area contributed by atoms with Crippen LogP contribution in [0.15, 0.2) is 35.9 Å². The van der Waals surface area contributed by atoms with Gasteiger partial charge in [-0.15, -0.1) is 0 Å². The summed E-state index contributed by atoms with van der Waals surface area (Å²) in [4.78, 5) is 35.7. The highest BCUT2D eigenvalue weighted by Crippen LogP contribution is 2.17. The van der Waals surface area contributed by atoms with Crippen LogP contribution in [0.1, 0.15) is 69.2 Å². The Kier molecular flexibility index (Phi) is 7.57. The number of hydrogen-bond acceptors (Lipinski definition) is 3. The number of carbonyl (C=O) groups excluding carboxylic acids is 3.